The number of rotatable bonds is 8. The maximum atomic E-state index is 13.4. The lowest BCUT2D eigenvalue weighted by Gasteiger charge is -2.70. The van der Waals surface area contributed by atoms with Crippen LogP contribution in [0.4, 0.5) is 9.18 Å². The maximum absolute atomic E-state index is 13.4. The number of carbonyl (C=O) groups is 2. The van der Waals surface area contributed by atoms with Crippen molar-refractivity contribution in [1.29, 1.82) is 0 Å². The summed E-state index contributed by atoms with van der Waals surface area (Å²) in [6, 6.07) is 11.4. The molecule has 0 atom stereocenters. The molecule has 3 fully saturated rings. The average molecular weight is 467 g/mol. The summed E-state index contributed by atoms with van der Waals surface area (Å²) < 4.78 is 24.0. The van der Waals surface area contributed by atoms with Crippen molar-refractivity contribution >= 4 is 35.2 Å². The van der Waals surface area contributed by atoms with E-state index in [0.717, 1.165) is 11.6 Å². The van der Waals surface area contributed by atoms with Gasteiger partial charge in [0.25, 0.3) is 5.91 Å². The summed E-state index contributed by atoms with van der Waals surface area (Å²) in [5, 5.41) is 6.47. The molecule has 31 heavy (non-hydrogen) atoms. The van der Waals surface area contributed by atoms with Crippen molar-refractivity contribution in [1.82, 2.24) is 10.6 Å². The minimum atomic E-state index is -0.605. The van der Waals surface area contributed by atoms with Gasteiger partial charge in [0.1, 0.15) is 11.6 Å². The van der Waals surface area contributed by atoms with Gasteiger partial charge in [0.2, 0.25) is 0 Å². The molecule has 3 aliphatic rings. The first-order valence-corrected chi connectivity index (χ1v) is 10.6. The molecule has 3 saturated carbocycles. The van der Waals surface area contributed by atoms with Crippen molar-refractivity contribution in [3.63, 3.8) is 0 Å². The molecule has 2 bridgehead atoms. The molecule has 0 spiro atoms. The molecule has 9 heteroatoms. The lowest BCUT2D eigenvalue weighted by molar-refractivity contribution is -0.141. The molecule has 2 aromatic rings. The van der Waals surface area contributed by atoms with Gasteiger partial charge in [-0.3, -0.25) is 4.79 Å². The van der Waals surface area contributed by atoms with Crippen LogP contribution in [-0.2, 0) is 16.0 Å². The van der Waals surface area contributed by atoms with Crippen LogP contribution in [0.15, 0.2) is 42.5 Å². The largest absolute Gasteiger partial charge is 0.484 e. The van der Waals surface area contributed by atoms with E-state index >= 15 is 0 Å². The molecular weight excluding hydrogens is 446 g/mol. The number of amides is 2. The quantitative estimate of drug-likeness (QED) is 0.608. The number of alkyl carbamates (subject to hydrolysis) is 1. The highest BCUT2D eigenvalue weighted by molar-refractivity contribution is 6.31. The highest BCUT2D eigenvalue weighted by Crippen LogP contribution is 2.60. The number of ether oxygens (including phenoxy) is 2. The first-order chi connectivity index (χ1) is 14.8. The van der Waals surface area contributed by atoms with Crippen LogP contribution in [0, 0.1) is 5.82 Å². The molecule has 6 nitrogen and oxygen atoms in total. The lowest BCUT2D eigenvalue weighted by atomic mass is 9.44. The van der Waals surface area contributed by atoms with Crippen LogP contribution in [0.25, 0.3) is 0 Å². The smallest absolute Gasteiger partial charge is 0.407 e. The first kappa shape index (κ1) is 21.7. The van der Waals surface area contributed by atoms with Crippen molar-refractivity contribution in [2.24, 2.45) is 0 Å². The van der Waals surface area contributed by atoms with Gasteiger partial charge in [-0.25, -0.2) is 9.18 Å². The summed E-state index contributed by atoms with van der Waals surface area (Å²) in [4.78, 5) is 24.2. The number of nitrogens with one attached hydrogen (secondary N) is 2. The molecule has 0 unspecified atom stereocenters. The Bertz CT molecular complexity index is 997. The van der Waals surface area contributed by atoms with Crippen molar-refractivity contribution in [2.75, 3.05) is 13.2 Å². The van der Waals surface area contributed by atoms with Gasteiger partial charge in [-0.1, -0.05) is 35.3 Å². The van der Waals surface area contributed by atoms with Gasteiger partial charge in [-0.15, -0.1) is 0 Å². The SMILES string of the molecule is O=C(COc1ccc(Cl)c(F)c1)NC12CC(NC(=O)OCCc3cccc(Cl)c3)(C1)C2. The average Bonchev–Trinajstić information content (AvgIpc) is 2.66. The third kappa shape index (κ3) is 5.05. The minimum Gasteiger partial charge on any atom is -0.484 e. The predicted molar refractivity (Wildman–Crippen MR) is 114 cm³/mol. The fourth-order valence-corrected chi connectivity index (χ4v) is 4.64. The Morgan fingerprint density at radius 1 is 1.03 bits per heavy atom. The van der Waals surface area contributed by atoms with E-state index in [-0.39, 0.29) is 41.0 Å². The number of carbonyl (C=O) groups excluding carboxylic acids is 2. The van der Waals surface area contributed by atoms with Crippen molar-refractivity contribution in [2.45, 2.75) is 36.8 Å². The molecule has 0 saturated heterocycles. The standard InChI is InChI=1S/C22H21Cl2FN2O4/c23-15-3-1-2-14(8-15)6-7-30-20(29)27-22-11-21(12-22,13-22)26-19(28)10-31-16-4-5-17(24)18(25)9-16/h1-5,8-9H,6-7,10-13H2,(H,26,28)(H,27,29). The Labute approximate surface area is 189 Å². The molecule has 0 heterocycles. The number of hydrogen-bond acceptors (Lipinski definition) is 4. The van der Waals surface area contributed by atoms with Crippen LogP contribution in [0.3, 0.4) is 0 Å². The molecule has 0 aromatic heterocycles. The van der Waals surface area contributed by atoms with E-state index in [1.54, 1.807) is 6.07 Å². The summed E-state index contributed by atoms with van der Waals surface area (Å²) in [6.45, 7) is 0.0293. The van der Waals surface area contributed by atoms with Crippen LogP contribution in [-0.4, -0.2) is 36.3 Å². The Kier molecular flexibility index (Phi) is 5.99. The Morgan fingerprint density at radius 3 is 2.48 bits per heavy atom. The van der Waals surface area contributed by atoms with Crippen molar-refractivity contribution in [3.05, 3.63) is 63.9 Å². The zero-order chi connectivity index (χ0) is 22.1. The fraction of sp³-hybridized carbons (Fsp3) is 0.364. The Balaban J connectivity index is 1.14. The second-order valence-electron chi connectivity index (χ2n) is 8.14. The van der Waals surface area contributed by atoms with Gasteiger partial charge < -0.3 is 20.1 Å². The topological polar surface area (TPSA) is 76.7 Å². The Hall–Kier alpha value is -2.51. The minimum absolute atomic E-state index is 0.00791. The molecule has 0 aliphatic heterocycles. The van der Waals surface area contributed by atoms with Crippen LogP contribution in [0.2, 0.25) is 10.0 Å². The molecule has 5 rings (SSSR count). The zero-order valence-corrected chi connectivity index (χ0v) is 18.1. The van der Waals surface area contributed by atoms with E-state index in [2.05, 4.69) is 10.6 Å². The van der Waals surface area contributed by atoms with Crippen molar-refractivity contribution < 1.29 is 23.5 Å². The highest BCUT2D eigenvalue weighted by Gasteiger charge is 2.69. The third-order valence-corrected chi connectivity index (χ3v) is 6.12. The third-order valence-electron chi connectivity index (χ3n) is 5.58. The van der Waals surface area contributed by atoms with E-state index in [0.29, 0.717) is 30.7 Å². The molecule has 2 aromatic carbocycles. The lowest BCUT2D eigenvalue weighted by Crippen LogP contribution is -2.84. The molecule has 2 N–H and O–H groups in total. The fourth-order valence-electron chi connectivity index (χ4n) is 4.31. The summed E-state index contributed by atoms with van der Waals surface area (Å²) >= 11 is 11.6. The number of benzene rings is 2. The second-order valence-corrected chi connectivity index (χ2v) is 8.99. The first-order valence-electron chi connectivity index (χ1n) is 9.85. The van der Waals surface area contributed by atoms with Gasteiger partial charge in [-0.2, -0.15) is 0 Å². The summed E-state index contributed by atoms with van der Waals surface area (Å²) in [5.74, 6) is -0.674. The van der Waals surface area contributed by atoms with E-state index in [1.807, 2.05) is 18.2 Å². The maximum Gasteiger partial charge on any atom is 0.407 e. The van der Waals surface area contributed by atoms with Crippen LogP contribution < -0.4 is 15.4 Å². The number of hydrogen-bond donors (Lipinski definition) is 2. The predicted octanol–water partition coefficient (Wildman–Crippen LogP) is 4.27. The van der Waals surface area contributed by atoms with Gasteiger partial charge >= 0.3 is 6.09 Å². The Morgan fingerprint density at radius 2 is 1.77 bits per heavy atom. The molecule has 3 aliphatic carbocycles. The van der Waals surface area contributed by atoms with E-state index in [1.165, 1.54) is 12.1 Å². The van der Waals surface area contributed by atoms with Crippen molar-refractivity contribution in [3.8, 4) is 5.75 Å². The van der Waals surface area contributed by atoms with Crippen LogP contribution in [0.1, 0.15) is 24.8 Å². The van der Waals surface area contributed by atoms with Gasteiger partial charge in [-0.05, 0) is 49.1 Å². The molecular formula is C22H21Cl2FN2O4. The second kappa shape index (κ2) is 8.55. The van der Waals surface area contributed by atoms with Crippen LogP contribution >= 0.6 is 23.2 Å². The molecule has 2 amide bonds. The van der Waals surface area contributed by atoms with Crippen LogP contribution in [0.5, 0.6) is 5.75 Å². The van der Waals surface area contributed by atoms with Gasteiger partial charge in [0.05, 0.1) is 17.2 Å². The summed E-state index contributed by atoms with van der Waals surface area (Å²) in [5.41, 5.74) is 0.358. The van der Waals surface area contributed by atoms with E-state index < -0.39 is 11.9 Å². The summed E-state index contributed by atoms with van der Waals surface area (Å²) in [7, 11) is 0. The van der Waals surface area contributed by atoms with E-state index in [9.17, 15) is 14.0 Å². The van der Waals surface area contributed by atoms with E-state index in [4.69, 9.17) is 32.7 Å². The van der Waals surface area contributed by atoms with Gasteiger partial charge in [0.15, 0.2) is 6.61 Å². The molecule has 164 valence electrons. The molecule has 0 radical (unpaired) electrons. The highest BCUT2D eigenvalue weighted by atomic mass is 35.5. The monoisotopic (exact) mass is 466 g/mol. The summed E-state index contributed by atoms with van der Waals surface area (Å²) in [6.07, 6.45) is 2.05. The van der Waals surface area contributed by atoms with Gasteiger partial charge in [0, 0.05) is 23.0 Å². The number of halogens is 3. The zero-order valence-electron chi connectivity index (χ0n) is 16.6. The normalized spacial score (nSPS) is 23.2.